The van der Waals surface area contributed by atoms with Crippen LogP contribution >= 0.6 is 11.3 Å². The minimum absolute atomic E-state index is 0.220. The first kappa shape index (κ1) is 26.1. The summed E-state index contributed by atoms with van der Waals surface area (Å²) in [6.07, 6.45) is 1.77. The molecule has 0 amide bonds. The normalized spacial score (nSPS) is 14.9. The number of aryl methyl sites for hydroxylation is 1. The Labute approximate surface area is 229 Å². The van der Waals surface area contributed by atoms with Gasteiger partial charge < -0.3 is 9.47 Å². The smallest absolute Gasteiger partial charge is 0.343 e. The third-order valence-electron chi connectivity index (χ3n) is 6.27. The molecule has 0 saturated heterocycles. The molecule has 0 saturated carbocycles. The summed E-state index contributed by atoms with van der Waals surface area (Å²) in [5.74, 6) is -0.523. The van der Waals surface area contributed by atoms with Crippen molar-refractivity contribution in [2.75, 3.05) is 6.61 Å². The Morgan fingerprint density at radius 2 is 1.72 bits per heavy atom. The molecule has 39 heavy (non-hydrogen) atoms. The summed E-state index contributed by atoms with van der Waals surface area (Å²) in [7, 11) is 0. The zero-order valence-corrected chi connectivity index (χ0v) is 22.5. The van der Waals surface area contributed by atoms with Gasteiger partial charge in [-0.1, -0.05) is 71.5 Å². The molecule has 4 aromatic rings. The van der Waals surface area contributed by atoms with Crippen LogP contribution in [0.4, 0.5) is 0 Å². The Balaban J connectivity index is 1.49. The monoisotopic (exact) mass is 538 g/mol. The Bertz CT molecular complexity index is 1770. The van der Waals surface area contributed by atoms with Crippen molar-refractivity contribution >= 4 is 29.4 Å². The lowest BCUT2D eigenvalue weighted by Gasteiger charge is -2.24. The van der Waals surface area contributed by atoms with E-state index in [9.17, 15) is 14.4 Å². The van der Waals surface area contributed by atoms with E-state index < -0.39 is 18.0 Å². The molecule has 2 heterocycles. The van der Waals surface area contributed by atoms with Gasteiger partial charge in [0.15, 0.2) is 4.80 Å². The minimum atomic E-state index is -0.646. The molecule has 0 aliphatic carbocycles. The lowest BCUT2D eigenvalue weighted by molar-refractivity contribution is -0.139. The lowest BCUT2D eigenvalue weighted by Crippen LogP contribution is -2.39. The number of fused-ring (bicyclic) bond motifs is 1. The van der Waals surface area contributed by atoms with Gasteiger partial charge in [0.1, 0.15) is 5.75 Å². The van der Waals surface area contributed by atoms with Crippen molar-refractivity contribution in [2.24, 2.45) is 4.99 Å². The van der Waals surface area contributed by atoms with Crippen molar-refractivity contribution in [3.63, 3.8) is 0 Å². The molecule has 0 fully saturated rings. The second-order valence-electron chi connectivity index (χ2n) is 9.04. The molecule has 1 aliphatic rings. The van der Waals surface area contributed by atoms with Crippen LogP contribution in [0.3, 0.4) is 0 Å². The van der Waals surface area contributed by atoms with Gasteiger partial charge in [0.2, 0.25) is 0 Å². The Morgan fingerprint density at radius 1 is 0.974 bits per heavy atom. The van der Waals surface area contributed by atoms with Gasteiger partial charge in [-0.25, -0.2) is 14.6 Å². The number of hydrogen-bond donors (Lipinski definition) is 0. The second kappa shape index (κ2) is 11.0. The molecule has 0 spiro atoms. The van der Waals surface area contributed by atoms with Crippen LogP contribution in [-0.4, -0.2) is 23.1 Å². The van der Waals surface area contributed by atoms with E-state index in [0.29, 0.717) is 31.9 Å². The molecule has 0 N–H and O–H groups in total. The molecule has 196 valence electrons. The maximum absolute atomic E-state index is 13.7. The lowest BCUT2D eigenvalue weighted by atomic mass is 9.96. The number of ether oxygens (including phenoxy) is 2. The minimum Gasteiger partial charge on any atom is -0.463 e. The van der Waals surface area contributed by atoms with Crippen LogP contribution in [0.25, 0.3) is 6.08 Å². The quantitative estimate of drug-likeness (QED) is 0.270. The number of hydrogen-bond acceptors (Lipinski definition) is 7. The number of rotatable bonds is 6. The molecule has 1 atom stereocenters. The van der Waals surface area contributed by atoms with Gasteiger partial charge in [0.05, 0.1) is 34.0 Å². The summed E-state index contributed by atoms with van der Waals surface area (Å²) in [5.41, 5.74) is 3.62. The number of aromatic nitrogens is 1. The predicted molar refractivity (Wildman–Crippen MR) is 149 cm³/mol. The number of allylic oxidation sites excluding steroid dienone is 1. The van der Waals surface area contributed by atoms with Crippen LogP contribution in [0.5, 0.6) is 5.75 Å². The number of esters is 2. The van der Waals surface area contributed by atoms with Crippen LogP contribution in [-0.2, 0) is 9.53 Å². The first-order valence-corrected chi connectivity index (χ1v) is 13.3. The highest BCUT2D eigenvalue weighted by molar-refractivity contribution is 7.07. The fraction of sp³-hybridized carbons (Fsp3) is 0.161. The molecule has 8 heteroatoms. The number of carbonyl (C=O) groups excluding carboxylic acids is 2. The molecule has 3 aromatic carbocycles. The number of benzene rings is 3. The Morgan fingerprint density at radius 3 is 2.41 bits per heavy atom. The van der Waals surface area contributed by atoms with Crippen LogP contribution in [0.2, 0.25) is 0 Å². The summed E-state index contributed by atoms with van der Waals surface area (Å²) < 4.78 is 12.8. The molecule has 5 rings (SSSR count). The fourth-order valence-corrected chi connectivity index (χ4v) is 5.51. The molecular formula is C31H26N2O5S. The molecule has 7 nitrogen and oxygen atoms in total. The van der Waals surface area contributed by atoms with E-state index in [-0.39, 0.29) is 12.2 Å². The molecule has 0 bridgehead atoms. The number of thiazole rings is 1. The van der Waals surface area contributed by atoms with Crippen LogP contribution in [0.1, 0.15) is 46.9 Å². The molecule has 0 unspecified atom stereocenters. The average molecular weight is 539 g/mol. The van der Waals surface area contributed by atoms with Crippen molar-refractivity contribution in [2.45, 2.75) is 26.8 Å². The predicted octanol–water partition coefficient (Wildman–Crippen LogP) is 4.33. The SMILES string of the molecule is CCOC(=O)C1=C(C)N=c2s/c(=C\c3ccc(OC(=O)c4cccc(C)c4)cc3)c(=O)n2[C@@H]1c1ccccc1. The van der Waals surface area contributed by atoms with Gasteiger partial charge in [0.25, 0.3) is 5.56 Å². The summed E-state index contributed by atoms with van der Waals surface area (Å²) >= 11 is 1.26. The van der Waals surface area contributed by atoms with E-state index in [1.54, 1.807) is 60.9 Å². The van der Waals surface area contributed by atoms with E-state index in [1.807, 2.05) is 49.4 Å². The average Bonchev–Trinajstić information content (AvgIpc) is 3.23. The fourth-order valence-electron chi connectivity index (χ4n) is 4.46. The van der Waals surface area contributed by atoms with E-state index in [4.69, 9.17) is 9.47 Å². The Hall–Kier alpha value is -4.56. The van der Waals surface area contributed by atoms with Crippen LogP contribution in [0, 0.1) is 6.92 Å². The standard InChI is InChI=1S/C31H26N2O5S/c1-4-37-30(36)26-20(3)32-31-33(27(26)22-10-6-5-7-11-22)28(34)25(39-31)18-21-13-15-24(16-14-21)38-29(35)23-12-8-9-19(2)17-23/h5-18,27H,4H2,1-3H3/b25-18-/t27-/m1/s1. The molecule has 1 aromatic heterocycles. The van der Waals surface area contributed by atoms with E-state index in [0.717, 1.165) is 16.7 Å². The highest BCUT2D eigenvalue weighted by Crippen LogP contribution is 2.30. The van der Waals surface area contributed by atoms with Crippen LogP contribution in [0.15, 0.2) is 99.9 Å². The number of nitrogens with zero attached hydrogens (tertiary/aromatic N) is 2. The van der Waals surface area contributed by atoms with Gasteiger partial charge in [-0.2, -0.15) is 0 Å². The van der Waals surface area contributed by atoms with Gasteiger partial charge >= 0.3 is 11.9 Å². The van der Waals surface area contributed by atoms with E-state index in [2.05, 4.69) is 4.99 Å². The van der Waals surface area contributed by atoms with Crippen molar-refractivity contribution in [3.8, 4) is 5.75 Å². The topological polar surface area (TPSA) is 87.0 Å². The summed E-state index contributed by atoms with van der Waals surface area (Å²) in [6.45, 7) is 5.64. The molecule has 1 aliphatic heterocycles. The van der Waals surface area contributed by atoms with Crippen molar-refractivity contribution in [1.29, 1.82) is 0 Å². The van der Waals surface area contributed by atoms with Crippen molar-refractivity contribution < 1.29 is 19.1 Å². The summed E-state index contributed by atoms with van der Waals surface area (Å²) in [5, 5.41) is 0. The highest BCUT2D eigenvalue weighted by Gasteiger charge is 2.33. The summed E-state index contributed by atoms with van der Waals surface area (Å²) in [4.78, 5) is 44.2. The van der Waals surface area contributed by atoms with Gasteiger partial charge in [-0.3, -0.25) is 9.36 Å². The van der Waals surface area contributed by atoms with Crippen LogP contribution < -0.4 is 19.6 Å². The third-order valence-corrected chi connectivity index (χ3v) is 7.26. The first-order valence-electron chi connectivity index (χ1n) is 12.5. The zero-order valence-electron chi connectivity index (χ0n) is 21.7. The third kappa shape index (κ3) is 5.37. The van der Waals surface area contributed by atoms with Gasteiger partial charge in [-0.05, 0) is 62.2 Å². The van der Waals surface area contributed by atoms with Crippen molar-refractivity contribution in [1.82, 2.24) is 4.57 Å². The Kier molecular flexibility index (Phi) is 7.38. The van der Waals surface area contributed by atoms with E-state index >= 15 is 0 Å². The largest absolute Gasteiger partial charge is 0.463 e. The molecular weight excluding hydrogens is 512 g/mol. The maximum Gasteiger partial charge on any atom is 0.343 e. The zero-order chi connectivity index (χ0) is 27.5. The summed E-state index contributed by atoms with van der Waals surface area (Å²) in [6, 6.07) is 22.9. The first-order chi connectivity index (χ1) is 18.9. The van der Waals surface area contributed by atoms with Crippen molar-refractivity contribution in [3.05, 3.63) is 132 Å². The highest BCUT2D eigenvalue weighted by atomic mass is 32.1. The second-order valence-corrected chi connectivity index (χ2v) is 10.1. The molecule has 0 radical (unpaired) electrons. The van der Waals surface area contributed by atoms with E-state index in [1.165, 1.54) is 11.3 Å². The van der Waals surface area contributed by atoms with Gasteiger partial charge in [0, 0.05) is 0 Å². The number of carbonyl (C=O) groups is 2. The van der Waals surface area contributed by atoms with Gasteiger partial charge in [-0.15, -0.1) is 0 Å². The maximum atomic E-state index is 13.7.